The van der Waals surface area contributed by atoms with E-state index in [-0.39, 0.29) is 11.6 Å². The monoisotopic (exact) mass is 348 g/mol. The van der Waals surface area contributed by atoms with Crippen LogP contribution in [0, 0.1) is 5.82 Å². The molecule has 0 unspecified atom stereocenters. The van der Waals surface area contributed by atoms with Gasteiger partial charge in [0, 0.05) is 11.0 Å². The van der Waals surface area contributed by atoms with Crippen LogP contribution in [-0.4, -0.2) is 24.5 Å². The second-order valence-electron chi connectivity index (χ2n) is 4.16. The second-order valence-corrected chi connectivity index (χ2v) is 6.00. The van der Waals surface area contributed by atoms with E-state index >= 15 is 0 Å². The molecule has 3 N–H and O–H groups in total. The van der Waals surface area contributed by atoms with Gasteiger partial charge in [0.05, 0.1) is 11.3 Å². The average molecular weight is 349 g/mol. The standard InChI is InChI=1S/C13H18BrFN2OS/c1-19-6-4-2-3-5-17-13(18)9-7-12(16)11(15)8-10(9)14/h7-8H,2-6,16H2,1H3,(H,17,18). The number of carbonyl (C=O) groups excluding carboxylic acids is 1. The number of amides is 1. The Hall–Kier alpha value is -0.750. The van der Waals surface area contributed by atoms with Crippen LogP contribution in [0.4, 0.5) is 10.1 Å². The molecule has 6 heteroatoms. The minimum atomic E-state index is -0.527. The molecule has 1 aromatic carbocycles. The molecule has 0 spiro atoms. The van der Waals surface area contributed by atoms with E-state index < -0.39 is 5.82 Å². The summed E-state index contributed by atoms with van der Waals surface area (Å²) in [7, 11) is 0. The lowest BCUT2D eigenvalue weighted by Crippen LogP contribution is -2.25. The molecule has 106 valence electrons. The summed E-state index contributed by atoms with van der Waals surface area (Å²) < 4.78 is 13.6. The molecule has 0 saturated carbocycles. The Bertz CT molecular complexity index is 443. The molecule has 3 nitrogen and oxygen atoms in total. The number of nitrogens with two attached hydrogens (primary N) is 1. The fourth-order valence-electron chi connectivity index (χ4n) is 1.59. The highest BCUT2D eigenvalue weighted by Crippen LogP contribution is 2.22. The molecule has 0 fully saturated rings. The first kappa shape index (κ1) is 16.3. The fraction of sp³-hybridized carbons (Fsp3) is 0.462. The van der Waals surface area contributed by atoms with Crippen LogP contribution in [0.2, 0.25) is 0 Å². The molecule has 0 aliphatic carbocycles. The van der Waals surface area contributed by atoms with Crippen molar-refractivity contribution in [2.75, 3.05) is 24.3 Å². The fourth-order valence-corrected chi connectivity index (χ4v) is 2.57. The lowest BCUT2D eigenvalue weighted by atomic mass is 10.1. The van der Waals surface area contributed by atoms with Gasteiger partial charge in [0.25, 0.3) is 5.91 Å². The van der Waals surface area contributed by atoms with E-state index in [4.69, 9.17) is 5.73 Å². The zero-order chi connectivity index (χ0) is 14.3. The molecule has 0 radical (unpaired) electrons. The van der Waals surface area contributed by atoms with Crippen LogP contribution >= 0.6 is 27.7 Å². The van der Waals surface area contributed by atoms with Crippen LogP contribution in [0.25, 0.3) is 0 Å². The van der Waals surface area contributed by atoms with Crippen LogP contribution in [0.5, 0.6) is 0 Å². The van der Waals surface area contributed by atoms with Crippen LogP contribution in [0.1, 0.15) is 29.6 Å². The topological polar surface area (TPSA) is 55.1 Å². The van der Waals surface area contributed by atoms with Gasteiger partial charge in [0.2, 0.25) is 0 Å². The molecule has 0 aliphatic heterocycles. The molecule has 1 aromatic rings. The predicted molar refractivity (Wildman–Crippen MR) is 83.1 cm³/mol. The molecule has 1 amide bonds. The largest absolute Gasteiger partial charge is 0.396 e. The summed E-state index contributed by atoms with van der Waals surface area (Å²) in [6.07, 6.45) is 5.27. The molecule has 0 aliphatic rings. The number of thioether (sulfide) groups is 1. The van der Waals surface area contributed by atoms with Crippen LogP contribution in [0.15, 0.2) is 16.6 Å². The van der Waals surface area contributed by atoms with E-state index in [9.17, 15) is 9.18 Å². The maximum Gasteiger partial charge on any atom is 0.252 e. The minimum Gasteiger partial charge on any atom is -0.396 e. The van der Waals surface area contributed by atoms with Gasteiger partial charge in [-0.25, -0.2) is 4.39 Å². The maximum atomic E-state index is 13.2. The average Bonchev–Trinajstić information content (AvgIpc) is 2.37. The number of carbonyl (C=O) groups is 1. The van der Waals surface area contributed by atoms with Crippen molar-refractivity contribution < 1.29 is 9.18 Å². The highest BCUT2D eigenvalue weighted by Gasteiger charge is 2.12. The lowest BCUT2D eigenvalue weighted by molar-refractivity contribution is 0.0952. The van der Waals surface area contributed by atoms with E-state index in [0.29, 0.717) is 16.6 Å². The number of benzene rings is 1. The Morgan fingerprint density at radius 1 is 1.42 bits per heavy atom. The van der Waals surface area contributed by atoms with Gasteiger partial charge in [-0.3, -0.25) is 4.79 Å². The Morgan fingerprint density at radius 2 is 2.16 bits per heavy atom. The predicted octanol–water partition coefficient (Wildman–Crippen LogP) is 3.43. The van der Waals surface area contributed by atoms with Crippen molar-refractivity contribution in [2.45, 2.75) is 19.3 Å². The first-order valence-corrected chi connectivity index (χ1v) is 8.26. The quantitative estimate of drug-likeness (QED) is 0.586. The first-order valence-electron chi connectivity index (χ1n) is 6.08. The molecule has 0 heterocycles. The number of anilines is 1. The van der Waals surface area contributed by atoms with Crippen LogP contribution in [0.3, 0.4) is 0 Å². The minimum absolute atomic E-state index is 0.0201. The molecule has 19 heavy (non-hydrogen) atoms. The number of halogens is 2. The van der Waals surface area contributed by atoms with Crippen molar-refractivity contribution in [3.05, 3.63) is 28.0 Å². The van der Waals surface area contributed by atoms with Gasteiger partial charge in [-0.2, -0.15) is 11.8 Å². The highest BCUT2D eigenvalue weighted by molar-refractivity contribution is 9.10. The zero-order valence-corrected chi connectivity index (χ0v) is 13.2. The number of nitrogens with one attached hydrogen (secondary N) is 1. The van der Waals surface area contributed by atoms with Gasteiger partial charge in [-0.15, -0.1) is 0 Å². The van der Waals surface area contributed by atoms with Gasteiger partial charge in [-0.1, -0.05) is 6.42 Å². The van der Waals surface area contributed by atoms with Crippen molar-refractivity contribution >= 4 is 39.3 Å². The Labute approximate surface area is 125 Å². The van der Waals surface area contributed by atoms with E-state index in [1.807, 2.05) is 11.8 Å². The summed E-state index contributed by atoms with van der Waals surface area (Å²) in [5.74, 6) is 0.387. The first-order chi connectivity index (χ1) is 9.06. The van der Waals surface area contributed by atoms with Crippen LogP contribution in [-0.2, 0) is 0 Å². The summed E-state index contributed by atoms with van der Waals surface area (Å²) in [6, 6.07) is 2.56. The summed E-state index contributed by atoms with van der Waals surface area (Å²) in [4.78, 5) is 11.9. The molecule has 0 bridgehead atoms. The van der Waals surface area contributed by atoms with E-state index in [1.54, 1.807) is 0 Å². The number of nitrogen functional groups attached to an aromatic ring is 1. The van der Waals surface area contributed by atoms with E-state index in [1.165, 1.54) is 12.1 Å². The summed E-state index contributed by atoms with van der Waals surface area (Å²) in [5.41, 5.74) is 5.80. The molecule has 0 aromatic heterocycles. The molecule has 1 rings (SSSR count). The van der Waals surface area contributed by atoms with E-state index in [0.717, 1.165) is 25.0 Å². The zero-order valence-electron chi connectivity index (χ0n) is 10.8. The third-order valence-corrected chi connectivity index (χ3v) is 3.99. The van der Waals surface area contributed by atoms with Crippen molar-refractivity contribution in [3.8, 4) is 0 Å². The molecule has 0 atom stereocenters. The SMILES string of the molecule is CSCCCCCNC(=O)c1cc(N)c(F)cc1Br. The Balaban J connectivity index is 2.43. The second kappa shape index (κ2) is 8.43. The summed E-state index contributed by atoms with van der Waals surface area (Å²) >= 11 is 4.99. The van der Waals surface area contributed by atoms with Crippen molar-refractivity contribution in [3.63, 3.8) is 0 Å². The molecular weight excluding hydrogens is 331 g/mol. The smallest absolute Gasteiger partial charge is 0.252 e. The van der Waals surface area contributed by atoms with Gasteiger partial charge >= 0.3 is 0 Å². The molecule has 0 saturated heterocycles. The summed E-state index contributed by atoms with van der Waals surface area (Å²) in [5, 5.41) is 2.81. The third kappa shape index (κ3) is 5.40. The van der Waals surface area contributed by atoms with Gasteiger partial charge in [-0.05, 0) is 52.9 Å². The Morgan fingerprint density at radius 3 is 2.84 bits per heavy atom. The van der Waals surface area contributed by atoms with Gasteiger partial charge in [0.15, 0.2) is 0 Å². The van der Waals surface area contributed by atoms with Crippen LogP contribution < -0.4 is 11.1 Å². The highest BCUT2D eigenvalue weighted by atomic mass is 79.9. The lowest BCUT2D eigenvalue weighted by Gasteiger charge is -2.08. The van der Waals surface area contributed by atoms with E-state index in [2.05, 4.69) is 27.5 Å². The number of unbranched alkanes of at least 4 members (excludes halogenated alkanes) is 2. The number of rotatable bonds is 7. The molecular formula is C13H18BrFN2OS. The van der Waals surface area contributed by atoms with Crippen molar-refractivity contribution in [2.24, 2.45) is 0 Å². The third-order valence-electron chi connectivity index (χ3n) is 2.64. The van der Waals surface area contributed by atoms with Crippen molar-refractivity contribution in [1.29, 1.82) is 0 Å². The van der Waals surface area contributed by atoms with Crippen molar-refractivity contribution in [1.82, 2.24) is 5.32 Å². The number of hydrogen-bond acceptors (Lipinski definition) is 3. The van der Waals surface area contributed by atoms with Gasteiger partial charge < -0.3 is 11.1 Å². The Kier molecular flexibility index (Phi) is 7.23. The normalized spacial score (nSPS) is 10.5. The number of hydrogen-bond donors (Lipinski definition) is 2. The maximum absolute atomic E-state index is 13.2. The summed E-state index contributed by atoms with van der Waals surface area (Å²) in [6.45, 7) is 0.622. The van der Waals surface area contributed by atoms with Gasteiger partial charge in [0.1, 0.15) is 5.82 Å².